The molecule has 1 saturated heterocycles. The zero-order valence-electron chi connectivity index (χ0n) is 10.2. The fraction of sp³-hybridized carbons (Fsp3) is 0.462. The Hall–Kier alpha value is -1.55. The van der Waals surface area contributed by atoms with Crippen LogP contribution in [0.3, 0.4) is 0 Å². The summed E-state index contributed by atoms with van der Waals surface area (Å²) in [5.74, 6) is -0.877. The second-order valence-electron chi connectivity index (χ2n) is 4.66. The van der Waals surface area contributed by atoms with Gasteiger partial charge in [-0.15, -0.1) is 0 Å². The van der Waals surface area contributed by atoms with Crippen LogP contribution in [-0.4, -0.2) is 36.2 Å². The number of benzene rings is 1. The van der Waals surface area contributed by atoms with E-state index in [4.69, 9.17) is 5.11 Å². The molecule has 0 unspecified atom stereocenters. The van der Waals surface area contributed by atoms with Crippen molar-refractivity contribution in [3.63, 3.8) is 0 Å². The highest BCUT2D eigenvalue weighted by Gasteiger charge is 2.22. The number of rotatable bonds is 2. The number of piperazine rings is 1. The largest absolute Gasteiger partial charge is 0.478 e. The minimum atomic E-state index is -0.877. The van der Waals surface area contributed by atoms with Crippen LogP contribution in [0.5, 0.6) is 0 Å². The van der Waals surface area contributed by atoms with Crippen LogP contribution in [0.15, 0.2) is 24.3 Å². The first-order valence-electron chi connectivity index (χ1n) is 5.91. The summed E-state index contributed by atoms with van der Waals surface area (Å²) in [5, 5.41) is 12.3. The molecule has 2 N–H and O–H groups in total. The van der Waals surface area contributed by atoms with Crippen LogP contribution in [0.1, 0.15) is 24.2 Å². The van der Waals surface area contributed by atoms with E-state index >= 15 is 0 Å². The smallest absolute Gasteiger partial charge is 0.335 e. The molecule has 4 heteroatoms. The Labute approximate surface area is 101 Å². The first kappa shape index (κ1) is 11.9. The molecule has 0 saturated carbocycles. The lowest BCUT2D eigenvalue weighted by Gasteiger charge is -2.39. The molecule has 0 amide bonds. The first-order chi connectivity index (χ1) is 8.08. The van der Waals surface area contributed by atoms with Gasteiger partial charge in [0.2, 0.25) is 0 Å². The fourth-order valence-electron chi connectivity index (χ4n) is 2.18. The highest BCUT2D eigenvalue weighted by molar-refractivity contribution is 5.88. The summed E-state index contributed by atoms with van der Waals surface area (Å²) in [5.41, 5.74) is 1.43. The number of hydrogen-bond donors (Lipinski definition) is 2. The van der Waals surface area contributed by atoms with Gasteiger partial charge in [0.1, 0.15) is 0 Å². The van der Waals surface area contributed by atoms with Crippen molar-refractivity contribution >= 4 is 11.7 Å². The molecule has 17 heavy (non-hydrogen) atoms. The Bertz CT molecular complexity index is 402. The lowest BCUT2D eigenvalue weighted by Crippen LogP contribution is -2.54. The quantitative estimate of drug-likeness (QED) is 0.815. The number of nitrogens with one attached hydrogen (secondary N) is 1. The number of carboxylic acid groups (broad SMARTS) is 1. The minimum Gasteiger partial charge on any atom is -0.478 e. The summed E-state index contributed by atoms with van der Waals surface area (Å²) in [4.78, 5) is 13.1. The van der Waals surface area contributed by atoms with Crippen molar-refractivity contribution in [1.29, 1.82) is 0 Å². The standard InChI is InChI=1S/C13H18N2O2/c1-9-8-15(10(2)7-14-9)12-5-3-11(4-6-12)13(16)17/h3-6,9-10,14H,7-8H2,1-2H3,(H,16,17)/t9-,10+/m0/s1. The van der Waals surface area contributed by atoms with E-state index in [1.165, 1.54) is 0 Å². The van der Waals surface area contributed by atoms with E-state index in [-0.39, 0.29) is 0 Å². The third kappa shape index (κ3) is 2.58. The Morgan fingerprint density at radius 3 is 2.59 bits per heavy atom. The number of hydrogen-bond acceptors (Lipinski definition) is 3. The van der Waals surface area contributed by atoms with Crippen molar-refractivity contribution in [2.24, 2.45) is 0 Å². The summed E-state index contributed by atoms with van der Waals surface area (Å²) in [6.45, 7) is 6.24. The summed E-state index contributed by atoms with van der Waals surface area (Å²) >= 11 is 0. The van der Waals surface area contributed by atoms with Crippen LogP contribution in [0.2, 0.25) is 0 Å². The molecule has 92 valence electrons. The van der Waals surface area contributed by atoms with E-state index in [1.807, 2.05) is 12.1 Å². The van der Waals surface area contributed by atoms with Crippen LogP contribution >= 0.6 is 0 Å². The molecule has 0 radical (unpaired) electrons. The molecule has 1 heterocycles. The molecule has 0 bridgehead atoms. The maximum Gasteiger partial charge on any atom is 0.335 e. The SMILES string of the molecule is C[C@@H]1CN[C@@H](C)CN1c1ccc(C(=O)O)cc1. The highest BCUT2D eigenvalue weighted by atomic mass is 16.4. The molecular weight excluding hydrogens is 216 g/mol. The molecule has 1 aromatic rings. The van der Waals surface area contributed by atoms with Crippen LogP contribution in [0.25, 0.3) is 0 Å². The Kier molecular flexibility index (Phi) is 3.33. The van der Waals surface area contributed by atoms with Crippen LogP contribution < -0.4 is 10.2 Å². The number of carboxylic acids is 1. The third-order valence-corrected chi connectivity index (χ3v) is 3.21. The molecule has 1 aromatic carbocycles. The predicted octanol–water partition coefficient (Wildman–Crippen LogP) is 1.57. The van der Waals surface area contributed by atoms with Gasteiger partial charge in [-0.25, -0.2) is 4.79 Å². The zero-order valence-corrected chi connectivity index (χ0v) is 10.2. The Morgan fingerprint density at radius 1 is 1.35 bits per heavy atom. The first-order valence-corrected chi connectivity index (χ1v) is 5.91. The third-order valence-electron chi connectivity index (χ3n) is 3.21. The van der Waals surface area contributed by atoms with Crippen molar-refractivity contribution in [1.82, 2.24) is 5.32 Å². The topological polar surface area (TPSA) is 52.6 Å². The van der Waals surface area contributed by atoms with Gasteiger partial charge in [-0.3, -0.25) is 0 Å². The van der Waals surface area contributed by atoms with Crippen LogP contribution in [0.4, 0.5) is 5.69 Å². The van der Waals surface area contributed by atoms with Crippen molar-refractivity contribution < 1.29 is 9.90 Å². The molecular formula is C13H18N2O2. The summed E-state index contributed by atoms with van der Waals surface area (Å²) in [6.07, 6.45) is 0. The van der Waals surface area contributed by atoms with Gasteiger partial charge >= 0.3 is 5.97 Å². The lowest BCUT2D eigenvalue weighted by atomic mass is 10.1. The second kappa shape index (κ2) is 4.75. The van der Waals surface area contributed by atoms with Gasteiger partial charge in [0.15, 0.2) is 0 Å². The van der Waals surface area contributed by atoms with E-state index in [0.29, 0.717) is 17.6 Å². The van der Waals surface area contributed by atoms with E-state index < -0.39 is 5.97 Å². The van der Waals surface area contributed by atoms with Gasteiger partial charge in [0.25, 0.3) is 0 Å². The number of aromatic carboxylic acids is 1. The maximum absolute atomic E-state index is 10.8. The molecule has 4 nitrogen and oxygen atoms in total. The van der Waals surface area contributed by atoms with Gasteiger partial charge in [0, 0.05) is 30.9 Å². The Balaban J connectivity index is 2.18. The van der Waals surface area contributed by atoms with E-state index in [9.17, 15) is 4.79 Å². The van der Waals surface area contributed by atoms with Crippen molar-refractivity contribution in [2.75, 3.05) is 18.0 Å². The predicted molar refractivity (Wildman–Crippen MR) is 67.7 cm³/mol. The minimum absolute atomic E-state index is 0.338. The fourth-order valence-corrected chi connectivity index (χ4v) is 2.18. The van der Waals surface area contributed by atoms with Crippen molar-refractivity contribution in [2.45, 2.75) is 25.9 Å². The van der Waals surface area contributed by atoms with Crippen molar-refractivity contribution in [3.05, 3.63) is 29.8 Å². The molecule has 2 atom stereocenters. The second-order valence-corrected chi connectivity index (χ2v) is 4.66. The Morgan fingerprint density at radius 2 is 2.00 bits per heavy atom. The highest BCUT2D eigenvalue weighted by Crippen LogP contribution is 2.20. The molecule has 1 aliphatic rings. The molecule has 0 spiro atoms. The number of carbonyl (C=O) groups is 1. The van der Waals surface area contributed by atoms with Crippen molar-refractivity contribution in [3.8, 4) is 0 Å². The normalized spacial score (nSPS) is 24.7. The monoisotopic (exact) mass is 234 g/mol. The number of nitrogens with zero attached hydrogens (tertiary/aromatic N) is 1. The molecule has 2 rings (SSSR count). The van der Waals surface area contributed by atoms with Gasteiger partial charge in [-0.1, -0.05) is 0 Å². The maximum atomic E-state index is 10.8. The van der Waals surface area contributed by atoms with Crippen LogP contribution in [-0.2, 0) is 0 Å². The van der Waals surface area contributed by atoms with Gasteiger partial charge < -0.3 is 15.3 Å². The van der Waals surface area contributed by atoms with E-state index in [2.05, 4.69) is 24.1 Å². The zero-order chi connectivity index (χ0) is 12.4. The summed E-state index contributed by atoms with van der Waals surface area (Å²) in [6, 6.07) is 8.00. The molecule has 0 aliphatic carbocycles. The molecule has 0 aromatic heterocycles. The van der Waals surface area contributed by atoms with E-state index in [1.54, 1.807) is 12.1 Å². The summed E-state index contributed by atoms with van der Waals surface area (Å²) < 4.78 is 0. The van der Waals surface area contributed by atoms with E-state index in [0.717, 1.165) is 18.8 Å². The lowest BCUT2D eigenvalue weighted by molar-refractivity contribution is 0.0697. The molecule has 1 fully saturated rings. The molecule has 1 aliphatic heterocycles. The van der Waals surface area contributed by atoms with Gasteiger partial charge in [0.05, 0.1) is 5.56 Å². The van der Waals surface area contributed by atoms with Gasteiger partial charge in [-0.2, -0.15) is 0 Å². The average molecular weight is 234 g/mol. The van der Waals surface area contributed by atoms with Crippen LogP contribution in [0, 0.1) is 0 Å². The number of anilines is 1. The van der Waals surface area contributed by atoms with Gasteiger partial charge in [-0.05, 0) is 38.1 Å². The summed E-state index contributed by atoms with van der Waals surface area (Å²) in [7, 11) is 0. The average Bonchev–Trinajstić information content (AvgIpc) is 2.32.